The second-order valence-electron chi connectivity index (χ2n) is 7.86. The first-order valence-corrected chi connectivity index (χ1v) is 8.65. The molecule has 0 spiro atoms. The quantitative estimate of drug-likeness (QED) is 0.678. The number of esters is 1. The third-order valence-electron chi connectivity index (χ3n) is 6.56. The summed E-state index contributed by atoms with van der Waals surface area (Å²) in [6, 6.07) is 8.81. The second-order valence-corrected chi connectivity index (χ2v) is 7.86. The van der Waals surface area contributed by atoms with Gasteiger partial charge in [0.2, 0.25) is 0 Å². The summed E-state index contributed by atoms with van der Waals surface area (Å²) in [6.45, 7) is 5.69. The number of carbonyl (C=O) groups is 3. The van der Waals surface area contributed by atoms with Crippen molar-refractivity contribution in [3.8, 4) is 0 Å². The van der Waals surface area contributed by atoms with Gasteiger partial charge in [0.05, 0.1) is 16.6 Å². The van der Waals surface area contributed by atoms with E-state index in [0.29, 0.717) is 36.0 Å². The van der Waals surface area contributed by atoms with Crippen molar-refractivity contribution in [1.29, 1.82) is 0 Å². The van der Waals surface area contributed by atoms with Crippen LogP contribution in [0.3, 0.4) is 0 Å². The number of benzene rings is 1. The number of anilines is 1. The molecule has 2 atom stereocenters. The van der Waals surface area contributed by atoms with Crippen molar-refractivity contribution in [1.82, 2.24) is 4.98 Å². The van der Waals surface area contributed by atoms with Crippen LogP contribution in [0.1, 0.15) is 44.1 Å². The lowest BCUT2D eigenvalue weighted by molar-refractivity contribution is -0.165. The first kappa shape index (κ1) is 16.7. The highest BCUT2D eigenvalue weighted by molar-refractivity contribution is 6.07. The molecule has 134 valence electrons. The minimum absolute atomic E-state index is 0.290. The van der Waals surface area contributed by atoms with E-state index in [1.54, 1.807) is 18.2 Å². The van der Waals surface area contributed by atoms with Crippen LogP contribution in [0, 0.1) is 10.8 Å². The zero-order valence-electron chi connectivity index (χ0n) is 15.0. The van der Waals surface area contributed by atoms with Gasteiger partial charge in [0.15, 0.2) is 11.9 Å². The minimum Gasteiger partial charge on any atom is -0.448 e. The lowest BCUT2D eigenvalue weighted by atomic mass is 9.66. The van der Waals surface area contributed by atoms with Crippen LogP contribution >= 0.6 is 0 Å². The van der Waals surface area contributed by atoms with E-state index in [1.807, 2.05) is 32.9 Å². The molecule has 6 nitrogen and oxygen atoms in total. The number of amides is 1. The normalized spacial score (nSPS) is 28.8. The van der Waals surface area contributed by atoms with Gasteiger partial charge < -0.3 is 10.1 Å². The van der Waals surface area contributed by atoms with Crippen LogP contribution in [0.2, 0.25) is 0 Å². The Labute approximate surface area is 150 Å². The van der Waals surface area contributed by atoms with Gasteiger partial charge in [-0.25, -0.2) is 4.98 Å². The molecule has 2 aromatic rings. The maximum Gasteiger partial charge on any atom is 0.313 e. The average Bonchev–Trinajstić information content (AvgIpc) is 2.92. The summed E-state index contributed by atoms with van der Waals surface area (Å²) in [5.74, 6) is -0.661. The summed E-state index contributed by atoms with van der Waals surface area (Å²) in [7, 11) is 0. The van der Waals surface area contributed by atoms with Crippen LogP contribution < -0.4 is 5.32 Å². The van der Waals surface area contributed by atoms with E-state index in [9.17, 15) is 14.4 Å². The minimum atomic E-state index is -1.19. The first-order valence-electron chi connectivity index (χ1n) is 8.65. The molecule has 1 aliphatic heterocycles. The number of carbonyl (C=O) groups excluding carboxylic acids is 3. The Hall–Kier alpha value is -2.76. The van der Waals surface area contributed by atoms with Gasteiger partial charge in [0.1, 0.15) is 5.69 Å². The van der Waals surface area contributed by atoms with E-state index in [0.717, 1.165) is 5.39 Å². The molecule has 1 N–H and O–H groups in total. The number of rotatable bonds is 3. The molecule has 2 aliphatic rings. The van der Waals surface area contributed by atoms with Crippen molar-refractivity contribution in [3.63, 3.8) is 0 Å². The number of nitrogens with one attached hydrogen (secondary N) is 1. The Morgan fingerprint density at radius 2 is 1.96 bits per heavy atom. The van der Waals surface area contributed by atoms with Gasteiger partial charge in [-0.15, -0.1) is 0 Å². The van der Waals surface area contributed by atoms with E-state index < -0.39 is 16.4 Å². The fraction of sp³-hybridized carbons (Fsp3) is 0.400. The number of ether oxygens (including phenoxy) is 1. The monoisotopic (exact) mass is 352 g/mol. The van der Waals surface area contributed by atoms with Crippen LogP contribution in [-0.2, 0) is 14.3 Å². The summed E-state index contributed by atoms with van der Waals surface area (Å²) in [5, 5.41) is 3.71. The predicted octanol–water partition coefficient (Wildman–Crippen LogP) is 3.11. The molecular weight excluding hydrogens is 332 g/mol. The van der Waals surface area contributed by atoms with Gasteiger partial charge in [-0.3, -0.25) is 14.4 Å². The maximum atomic E-state index is 13.2. The summed E-state index contributed by atoms with van der Waals surface area (Å²) in [6.07, 6.45) is 1.78. The van der Waals surface area contributed by atoms with Crippen LogP contribution in [0.5, 0.6) is 0 Å². The van der Waals surface area contributed by atoms with Crippen molar-refractivity contribution in [2.75, 3.05) is 5.32 Å². The van der Waals surface area contributed by atoms with Crippen molar-refractivity contribution in [2.45, 2.75) is 39.2 Å². The highest BCUT2D eigenvalue weighted by Gasteiger charge is 2.75. The third kappa shape index (κ3) is 1.87. The van der Waals surface area contributed by atoms with Gasteiger partial charge in [0, 0.05) is 10.8 Å². The smallest absolute Gasteiger partial charge is 0.313 e. The van der Waals surface area contributed by atoms with Crippen molar-refractivity contribution >= 4 is 34.8 Å². The number of aromatic nitrogens is 1. The molecular formula is C20H20N2O4. The largest absolute Gasteiger partial charge is 0.448 e. The van der Waals surface area contributed by atoms with E-state index in [2.05, 4.69) is 10.3 Å². The lowest BCUT2D eigenvalue weighted by Crippen LogP contribution is -2.50. The summed E-state index contributed by atoms with van der Waals surface area (Å²) in [4.78, 5) is 40.9. The van der Waals surface area contributed by atoms with Gasteiger partial charge in [-0.1, -0.05) is 32.0 Å². The van der Waals surface area contributed by atoms with Crippen LogP contribution in [0.15, 0.2) is 30.3 Å². The standard InChI is InChI=1S/C20H20N2O4/c1-18(2)19(3)9-10-20(18,26-17(19)25)16(24)22-14-6-4-5-12-7-8-13(11-23)21-15(12)14/h4-8,11H,9-10H2,1-3H3,(H,22,24)/t19-,20+/m1/s1. The summed E-state index contributed by atoms with van der Waals surface area (Å²) >= 11 is 0. The molecule has 1 amide bonds. The fourth-order valence-corrected chi connectivity index (χ4v) is 4.30. The zero-order chi connectivity index (χ0) is 18.7. The van der Waals surface area contributed by atoms with Crippen LogP contribution in [0.25, 0.3) is 10.9 Å². The van der Waals surface area contributed by atoms with Gasteiger partial charge in [0.25, 0.3) is 5.91 Å². The highest BCUT2D eigenvalue weighted by atomic mass is 16.6. The van der Waals surface area contributed by atoms with Crippen molar-refractivity contribution in [3.05, 3.63) is 36.0 Å². The number of fused-ring (bicyclic) bond motifs is 3. The molecule has 1 saturated carbocycles. The van der Waals surface area contributed by atoms with Crippen LogP contribution in [0.4, 0.5) is 5.69 Å². The number of aldehydes is 1. The Balaban J connectivity index is 1.75. The summed E-state index contributed by atoms with van der Waals surface area (Å²) in [5.41, 5.74) is -1.15. The molecule has 0 unspecified atom stereocenters. The molecule has 2 bridgehead atoms. The van der Waals surface area contributed by atoms with Gasteiger partial charge in [-0.05, 0) is 31.9 Å². The SMILES string of the molecule is CC1(C)[C@@]2(C(=O)Nc3cccc4ccc(C=O)nc34)CC[C@]1(C)C(=O)O2. The Kier molecular flexibility index (Phi) is 3.29. The van der Waals surface area contributed by atoms with E-state index >= 15 is 0 Å². The molecule has 1 aromatic carbocycles. The van der Waals surface area contributed by atoms with E-state index in [-0.39, 0.29) is 11.9 Å². The molecule has 4 rings (SSSR count). The van der Waals surface area contributed by atoms with Gasteiger partial charge >= 0.3 is 5.97 Å². The molecule has 1 saturated heterocycles. The van der Waals surface area contributed by atoms with Crippen molar-refractivity contribution < 1.29 is 19.1 Å². The first-order chi connectivity index (χ1) is 12.2. The average molecular weight is 352 g/mol. The molecule has 26 heavy (non-hydrogen) atoms. The van der Waals surface area contributed by atoms with E-state index in [1.165, 1.54) is 0 Å². The number of hydrogen-bond acceptors (Lipinski definition) is 5. The number of hydrogen-bond donors (Lipinski definition) is 1. The number of para-hydroxylation sites is 1. The molecule has 2 fully saturated rings. The van der Waals surface area contributed by atoms with E-state index in [4.69, 9.17) is 4.74 Å². The zero-order valence-corrected chi connectivity index (χ0v) is 15.0. The number of nitrogens with zero attached hydrogens (tertiary/aromatic N) is 1. The van der Waals surface area contributed by atoms with Gasteiger partial charge in [-0.2, -0.15) is 0 Å². The molecule has 0 radical (unpaired) electrons. The molecule has 2 heterocycles. The third-order valence-corrected chi connectivity index (χ3v) is 6.56. The Bertz CT molecular complexity index is 967. The molecule has 1 aliphatic carbocycles. The summed E-state index contributed by atoms with van der Waals surface area (Å²) < 4.78 is 5.63. The Morgan fingerprint density at radius 3 is 2.58 bits per heavy atom. The second kappa shape index (κ2) is 5.13. The predicted molar refractivity (Wildman–Crippen MR) is 95.7 cm³/mol. The Morgan fingerprint density at radius 1 is 1.19 bits per heavy atom. The topological polar surface area (TPSA) is 85.4 Å². The lowest BCUT2D eigenvalue weighted by Gasteiger charge is -2.35. The maximum absolute atomic E-state index is 13.2. The highest BCUT2D eigenvalue weighted by Crippen LogP contribution is 2.65. The molecule has 1 aromatic heterocycles. The fourth-order valence-electron chi connectivity index (χ4n) is 4.30. The molecule has 6 heteroatoms. The van der Waals surface area contributed by atoms with Crippen LogP contribution in [-0.4, -0.2) is 28.7 Å². The van der Waals surface area contributed by atoms with Crippen molar-refractivity contribution in [2.24, 2.45) is 10.8 Å². The number of pyridine rings is 1.